The third-order valence-electron chi connectivity index (χ3n) is 1.18. The van der Waals surface area contributed by atoms with E-state index in [2.05, 4.69) is 0 Å². The van der Waals surface area contributed by atoms with Crippen molar-refractivity contribution < 1.29 is 53.6 Å². The maximum absolute atomic E-state index is 9.34. The van der Waals surface area contributed by atoms with E-state index in [9.17, 15) is 9.90 Å². The van der Waals surface area contributed by atoms with Crippen molar-refractivity contribution in [2.75, 3.05) is 39.6 Å². The number of aliphatic hydroxyl groups is 3. The van der Waals surface area contributed by atoms with E-state index >= 15 is 0 Å². The summed E-state index contributed by atoms with van der Waals surface area (Å²) in [5, 5.41) is 33.8. The minimum absolute atomic E-state index is 0. The van der Waals surface area contributed by atoms with E-state index in [1.807, 2.05) is 0 Å². The molecule has 1 atom stereocenters. The summed E-state index contributed by atoms with van der Waals surface area (Å²) < 4.78 is 9.75. The van der Waals surface area contributed by atoms with Crippen LogP contribution in [-0.2, 0) is 14.3 Å². The van der Waals surface area contributed by atoms with Crippen LogP contribution in [0.5, 0.6) is 0 Å². The molecule has 1 unspecified atom stereocenters. The van der Waals surface area contributed by atoms with Crippen LogP contribution in [0.2, 0.25) is 0 Å². The third kappa shape index (κ3) is 25.8. The van der Waals surface area contributed by atoms with Crippen LogP contribution in [-0.4, -0.2) is 67.0 Å². The van der Waals surface area contributed by atoms with Crippen LogP contribution in [0, 0.1) is 0 Å². The van der Waals surface area contributed by atoms with E-state index in [1.165, 1.54) is 0 Å². The fourth-order valence-electron chi connectivity index (χ4n) is 0.451. The maximum atomic E-state index is 9.34. The van der Waals surface area contributed by atoms with Crippen molar-refractivity contribution in [1.29, 1.82) is 0 Å². The van der Waals surface area contributed by atoms with Crippen molar-refractivity contribution in [2.45, 2.75) is 13.0 Å². The van der Waals surface area contributed by atoms with E-state index in [1.54, 1.807) is 0 Å². The van der Waals surface area contributed by atoms with E-state index in [-0.39, 0.29) is 32.1 Å². The largest absolute Gasteiger partial charge is 1.00 e. The Morgan fingerprint density at radius 2 is 1.41 bits per heavy atom. The van der Waals surface area contributed by atoms with E-state index in [4.69, 9.17) is 24.8 Å². The molecule has 0 aromatic rings. The molecule has 0 radical (unpaired) electrons. The van der Waals surface area contributed by atoms with Gasteiger partial charge in [-0.3, -0.25) is 0 Å². The predicted octanol–water partition coefficient (Wildman–Crippen LogP) is -5.87. The zero-order chi connectivity index (χ0) is 12.8. The number of carboxylic acids is 1. The molecule has 7 nitrogen and oxygen atoms in total. The van der Waals surface area contributed by atoms with E-state index < -0.39 is 12.1 Å². The van der Waals surface area contributed by atoms with Crippen LogP contribution < -0.4 is 24.0 Å². The van der Waals surface area contributed by atoms with E-state index in [0.29, 0.717) is 26.4 Å². The van der Waals surface area contributed by atoms with Gasteiger partial charge in [0.2, 0.25) is 0 Å². The van der Waals surface area contributed by atoms with Gasteiger partial charge in [-0.05, 0) is 6.92 Å². The second kappa shape index (κ2) is 18.2. The van der Waals surface area contributed by atoms with Crippen molar-refractivity contribution in [3.63, 3.8) is 0 Å². The topological polar surface area (TPSA) is 119 Å². The van der Waals surface area contributed by atoms with Crippen LogP contribution in [0.3, 0.4) is 0 Å². The van der Waals surface area contributed by atoms with Crippen molar-refractivity contribution >= 4 is 5.97 Å². The predicted molar refractivity (Wildman–Crippen MR) is 52.5 cm³/mol. The number of aliphatic hydroxyl groups excluding tert-OH is 3. The maximum Gasteiger partial charge on any atom is 1.00 e. The van der Waals surface area contributed by atoms with Gasteiger partial charge in [-0.15, -0.1) is 0 Å². The SMILES string of the molecule is CC(O)C(=O)[O-].OCCOCCOCCO.[Li+]. The second-order valence-corrected chi connectivity index (χ2v) is 2.67. The minimum Gasteiger partial charge on any atom is -0.547 e. The summed E-state index contributed by atoms with van der Waals surface area (Å²) in [4.78, 5) is 9.34. The molecule has 0 amide bonds. The Balaban J connectivity index is -0.000000244. The number of ether oxygens (including phenoxy) is 2. The summed E-state index contributed by atoms with van der Waals surface area (Å²) in [6, 6.07) is 0. The zero-order valence-corrected chi connectivity index (χ0v) is 10.3. The number of hydrogen-bond donors (Lipinski definition) is 3. The van der Waals surface area contributed by atoms with Gasteiger partial charge in [0.25, 0.3) is 0 Å². The molecule has 0 aliphatic heterocycles. The Kier molecular flexibility index (Phi) is 23.7. The summed E-state index contributed by atoms with van der Waals surface area (Å²) in [6.07, 6.45) is -1.34. The molecule has 0 spiro atoms. The fraction of sp³-hybridized carbons (Fsp3) is 0.889. The molecular formula is C9H19LiO7. The molecule has 0 rings (SSSR count). The van der Waals surface area contributed by atoms with Crippen LogP contribution >= 0.6 is 0 Å². The molecule has 0 saturated carbocycles. The van der Waals surface area contributed by atoms with Crippen molar-refractivity contribution in [3.05, 3.63) is 0 Å². The van der Waals surface area contributed by atoms with Crippen LogP contribution in [0.4, 0.5) is 0 Å². The monoisotopic (exact) mass is 246 g/mol. The Hall–Kier alpha value is -0.133. The molecule has 0 aliphatic carbocycles. The number of carbonyl (C=O) groups excluding carboxylic acids is 1. The molecule has 3 N–H and O–H groups in total. The Labute approximate surface area is 113 Å². The Morgan fingerprint density at radius 1 is 1.12 bits per heavy atom. The van der Waals surface area contributed by atoms with Gasteiger partial charge in [0.15, 0.2) is 0 Å². The van der Waals surface area contributed by atoms with Crippen LogP contribution in [0.15, 0.2) is 0 Å². The molecule has 17 heavy (non-hydrogen) atoms. The average Bonchev–Trinajstić information content (AvgIpc) is 2.24. The molecule has 98 valence electrons. The Morgan fingerprint density at radius 3 is 1.59 bits per heavy atom. The van der Waals surface area contributed by atoms with Gasteiger partial charge in [0.1, 0.15) is 0 Å². The minimum atomic E-state index is -1.44. The molecule has 0 aromatic carbocycles. The van der Waals surface area contributed by atoms with Crippen molar-refractivity contribution in [3.8, 4) is 0 Å². The summed E-state index contributed by atoms with van der Waals surface area (Å²) in [5.41, 5.74) is 0. The normalized spacial score (nSPS) is 10.8. The first-order valence-electron chi connectivity index (χ1n) is 4.82. The Bertz CT molecular complexity index is 146. The molecule has 0 aliphatic rings. The van der Waals surface area contributed by atoms with Gasteiger partial charge >= 0.3 is 18.9 Å². The van der Waals surface area contributed by atoms with Gasteiger partial charge in [0.05, 0.1) is 51.7 Å². The van der Waals surface area contributed by atoms with E-state index in [0.717, 1.165) is 6.92 Å². The number of carboxylic acid groups (broad SMARTS) is 1. The quantitative estimate of drug-likeness (QED) is 0.288. The number of hydrogen-bond acceptors (Lipinski definition) is 7. The number of rotatable bonds is 8. The molecule has 8 heteroatoms. The van der Waals surface area contributed by atoms with Crippen molar-refractivity contribution in [1.82, 2.24) is 0 Å². The fourth-order valence-corrected chi connectivity index (χ4v) is 0.451. The molecule has 0 bridgehead atoms. The first kappa shape index (κ1) is 22.1. The third-order valence-corrected chi connectivity index (χ3v) is 1.18. The smallest absolute Gasteiger partial charge is 0.547 e. The molecular weight excluding hydrogens is 227 g/mol. The summed E-state index contributed by atoms with van der Waals surface area (Å²) in [7, 11) is 0. The van der Waals surface area contributed by atoms with Gasteiger partial charge < -0.3 is 34.7 Å². The van der Waals surface area contributed by atoms with Gasteiger partial charge in [-0.1, -0.05) is 0 Å². The second-order valence-electron chi connectivity index (χ2n) is 2.67. The summed E-state index contributed by atoms with van der Waals surface area (Å²) >= 11 is 0. The summed E-state index contributed by atoms with van der Waals surface area (Å²) in [6.45, 7) is 2.86. The first-order chi connectivity index (χ1) is 7.56. The van der Waals surface area contributed by atoms with Crippen molar-refractivity contribution in [2.24, 2.45) is 0 Å². The van der Waals surface area contributed by atoms with Gasteiger partial charge in [0, 0.05) is 0 Å². The van der Waals surface area contributed by atoms with Gasteiger partial charge in [-0.25, -0.2) is 0 Å². The number of aliphatic carboxylic acids is 1. The molecule has 0 fully saturated rings. The standard InChI is InChI=1S/C6H14O4.C3H6O3.Li/c7-1-3-9-5-6-10-4-2-8;1-2(4)3(5)6;/h7-8H,1-6H2;2,4H,1H3,(H,5,6);/q;;+1/p-1. The number of carbonyl (C=O) groups is 1. The molecule has 0 heterocycles. The van der Waals surface area contributed by atoms with Crippen LogP contribution in [0.25, 0.3) is 0 Å². The zero-order valence-electron chi connectivity index (χ0n) is 10.3. The molecule has 0 saturated heterocycles. The molecule has 0 aromatic heterocycles. The van der Waals surface area contributed by atoms with Crippen LogP contribution in [0.1, 0.15) is 6.92 Å². The van der Waals surface area contributed by atoms with Gasteiger partial charge in [-0.2, -0.15) is 0 Å². The summed E-state index contributed by atoms with van der Waals surface area (Å²) in [5.74, 6) is -1.44. The average molecular weight is 246 g/mol. The first-order valence-corrected chi connectivity index (χ1v) is 4.82.